The molecule has 0 saturated carbocycles. The molecule has 1 aliphatic rings. The fraction of sp³-hybridized carbons (Fsp3) is 0.409. The van der Waals surface area contributed by atoms with E-state index in [1.54, 1.807) is 16.4 Å². The van der Waals surface area contributed by atoms with Crippen LogP contribution in [0.15, 0.2) is 57.9 Å². The summed E-state index contributed by atoms with van der Waals surface area (Å²) < 4.78 is 33.6. The van der Waals surface area contributed by atoms with Crippen LogP contribution in [0.4, 0.5) is 0 Å². The molecule has 1 atom stereocenters. The standard InChI is InChI=1S/C22H27BrN2O4S/c1-16-10-12-25(13-11-16)30(27,28)21-8-6-20(7-9-21)29-15-22(26)24-17(2)18-4-3-5-19(23)14-18/h3-9,14,16-17H,10-13,15H2,1-2H3,(H,24,26)/t17-/m0/s1. The molecule has 1 saturated heterocycles. The Labute approximate surface area is 186 Å². The molecule has 1 heterocycles. The zero-order valence-electron chi connectivity index (χ0n) is 17.2. The number of rotatable bonds is 7. The molecule has 1 fully saturated rings. The summed E-state index contributed by atoms with van der Waals surface area (Å²) in [7, 11) is -3.49. The molecule has 1 N–H and O–H groups in total. The highest BCUT2D eigenvalue weighted by molar-refractivity contribution is 9.10. The van der Waals surface area contributed by atoms with Crippen molar-refractivity contribution >= 4 is 31.9 Å². The molecule has 3 rings (SSSR count). The van der Waals surface area contributed by atoms with Crippen molar-refractivity contribution in [3.63, 3.8) is 0 Å². The Bertz CT molecular complexity index is 971. The minimum atomic E-state index is -3.49. The Hall–Kier alpha value is -1.90. The number of benzene rings is 2. The van der Waals surface area contributed by atoms with E-state index in [9.17, 15) is 13.2 Å². The van der Waals surface area contributed by atoms with Crippen molar-refractivity contribution in [3.8, 4) is 5.75 Å². The highest BCUT2D eigenvalue weighted by atomic mass is 79.9. The van der Waals surface area contributed by atoms with Gasteiger partial charge in [-0.2, -0.15) is 4.31 Å². The van der Waals surface area contributed by atoms with Gasteiger partial charge in [-0.1, -0.05) is 35.0 Å². The number of sulfonamides is 1. The van der Waals surface area contributed by atoms with E-state index in [1.807, 2.05) is 31.2 Å². The van der Waals surface area contributed by atoms with E-state index < -0.39 is 10.0 Å². The maximum Gasteiger partial charge on any atom is 0.258 e. The van der Waals surface area contributed by atoms with Gasteiger partial charge in [0.15, 0.2) is 6.61 Å². The number of piperidine rings is 1. The normalized spacial score (nSPS) is 16.8. The minimum absolute atomic E-state index is 0.144. The summed E-state index contributed by atoms with van der Waals surface area (Å²) in [5.74, 6) is 0.762. The second kappa shape index (κ2) is 9.94. The third kappa shape index (κ3) is 5.83. The molecular weight excluding hydrogens is 468 g/mol. The zero-order chi connectivity index (χ0) is 21.7. The molecule has 1 amide bonds. The van der Waals surface area contributed by atoms with Crippen molar-refractivity contribution < 1.29 is 17.9 Å². The van der Waals surface area contributed by atoms with Gasteiger partial charge < -0.3 is 10.1 Å². The largest absolute Gasteiger partial charge is 0.484 e. The Morgan fingerprint density at radius 3 is 2.50 bits per heavy atom. The van der Waals surface area contributed by atoms with Gasteiger partial charge in [-0.05, 0) is 67.6 Å². The highest BCUT2D eigenvalue weighted by Crippen LogP contribution is 2.25. The maximum absolute atomic E-state index is 12.8. The van der Waals surface area contributed by atoms with Crippen LogP contribution in [0.25, 0.3) is 0 Å². The average Bonchev–Trinajstić information content (AvgIpc) is 2.73. The van der Waals surface area contributed by atoms with Crippen molar-refractivity contribution in [2.24, 2.45) is 5.92 Å². The predicted octanol–water partition coefficient (Wildman–Crippen LogP) is 4.13. The lowest BCUT2D eigenvalue weighted by Crippen LogP contribution is -2.37. The van der Waals surface area contributed by atoms with E-state index in [4.69, 9.17) is 4.74 Å². The van der Waals surface area contributed by atoms with Crippen molar-refractivity contribution in [1.29, 1.82) is 0 Å². The van der Waals surface area contributed by atoms with Crippen LogP contribution in [-0.4, -0.2) is 38.3 Å². The van der Waals surface area contributed by atoms with Gasteiger partial charge in [0, 0.05) is 17.6 Å². The molecule has 0 aliphatic carbocycles. The van der Waals surface area contributed by atoms with Crippen LogP contribution in [0.5, 0.6) is 5.75 Å². The number of carbonyl (C=O) groups excluding carboxylic acids is 1. The van der Waals surface area contributed by atoms with Gasteiger partial charge in [0.1, 0.15) is 5.75 Å². The summed E-state index contributed by atoms with van der Waals surface area (Å²) in [6.07, 6.45) is 1.77. The van der Waals surface area contributed by atoms with Crippen LogP contribution in [0.1, 0.15) is 38.3 Å². The number of ether oxygens (including phenoxy) is 1. The summed E-state index contributed by atoms with van der Waals surface area (Å²) in [5, 5.41) is 2.89. The van der Waals surface area contributed by atoms with E-state index in [1.165, 1.54) is 12.1 Å². The second-order valence-corrected chi connectivity index (χ2v) is 10.5. The molecule has 162 valence electrons. The van der Waals surface area contributed by atoms with Gasteiger partial charge >= 0.3 is 0 Å². The van der Waals surface area contributed by atoms with Gasteiger partial charge in [0.25, 0.3) is 5.91 Å². The van der Waals surface area contributed by atoms with Gasteiger partial charge in [-0.15, -0.1) is 0 Å². The Balaban J connectivity index is 1.53. The average molecular weight is 495 g/mol. The first-order valence-corrected chi connectivity index (χ1v) is 12.3. The van der Waals surface area contributed by atoms with Crippen LogP contribution in [0, 0.1) is 5.92 Å². The van der Waals surface area contributed by atoms with Gasteiger partial charge in [0.2, 0.25) is 10.0 Å². The van der Waals surface area contributed by atoms with E-state index in [2.05, 4.69) is 28.2 Å². The zero-order valence-corrected chi connectivity index (χ0v) is 19.6. The van der Waals surface area contributed by atoms with Crippen molar-refractivity contribution in [2.75, 3.05) is 19.7 Å². The number of nitrogens with one attached hydrogen (secondary N) is 1. The van der Waals surface area contributed by atoms with E-state index in [-0.39, 0.29) is 23.5 Å². The Kier molecular flexibility index (Phi) is 7.55. The summed E-state index contributed by atoms with van der Waals surface area (Å²) >= 11 is 3.42. The molecule has 1 aliphatic heterocycles. The minimum Gasteiger partial charge on any atom is -0.484 e. The Morgan fingerprint density at radius 2 is 1.87 bits per heavy atom. The fourth-order valence-corrected chi connectivity index (χ4v) is 5.26. The lowest BCUT2D eigenvalue weighted by atomic mass is 10.0. The van der Waals surface area contributed by atoms with E-state index in [0.29, 0.717) is 24.8 Å². The molecule has 6 nitrogen and oxygen atoms in total. The first-order chi connectivity index (χ1) is 14.3. The van der Waals surface area contributed by atoms with Crippen molar-refractivity contribution in [2.45, 2.75) is 37.6 Å². The first-order valence-electron chi connectivity index (χ1n) is 10.0. The number of amides is 1. The van der Waals surface area contributed by atoms with E-state index in [0.717, 1.165) is 22.9 Å². The molecule has 30 heavy (non-hydrogen) atoms. The quantitative estimate of drug-likeness (QED) is 0.627. The number of hydrogen-bond acceptors (Lipinski definition) is 4. The predicted molar refractivity (Wildman–Crippen MR) is 120 cm³/mol. The SMILES string of the molecule is CC1CCN(S(=O)(=O)c2ccc(OCC(=O)N[C@@H](C)c3cccc(Br)c3)cc2)CC1. The van der Waals surface area contributed by atoms with Crippen molar-refractivity contribution in [1.82, 2.24) is 9.62 Å². The topological polar surface area (TPSA) is 75.7 Å². The smallest absolute Gasteiger partial charge is 0.258 e. The summed E-state index contributed by atoms with van der Waals surface area (Å²) in [5.41, 5.74) is 0.986. The molecule has 8 heteroatoms. The lowest BCUT2D eigenvalue weighted by molar-refractivity contribution is -0.123. The molecular formula is C22H27BrN2O4S. The summed E-state index contributed by atoms with van der Waals surface area (Å²) in [6.45, 7) is 5.01. The van der Waals surface area contributed by atoms with Crippen LogP contribution in [0.2, 0.25) is 0 Å². The summed E-state index contributed by atoms with van der Waals surface area (Å²) in [6, 6.07) is 13.8. The number of halogens is 1. The van der Waals surface area contributed by atoms with Crippen LogP contribution >= 0.6 is 15.9 Å². The number of nitrogens with zero attached hydrogens (tertiary/aromatic N) is 1. The molecule has 0 spiro atoms. The van der Waals surface area contributed by atoms with Gasteiger partial charge in [-0.3, -0.25) is 4.79 Å². The molecule has 2 aromatic rings. The van der Waals surface area contributed by atoms with E-state index >= 15 is 0 Å². The maximum atomic E-state index is 12.8. The lowest BCUT2D eigenvalue weighted by Gasteiger charge is -2.29. The third-order valence-electron chi connectivity index (χ3n) is 5.30. The monoisotopic (exact) mass is 494 g/mol. The van der Waals surface area contributed by atoms with Crippen LogP contribution in [-0.2, 0) is 14.8 Å². The van der Waals surface area contributed by atoms with Gasteiger partial charge in [-0.25, -0.2) is 8.42 Å². The molecule has 0 bridgehead atoms. The van der Waals surface area contributed by atoms with Crippen molar-refractivity contribution in [3.05, 3.63) is 58.6 Å². The molecule has 0 aromatic heterocycles. The third-order valence-corrected chi connectivity index (χ3v) is 7.71. The highest BCUT2D eigenvalue weighted by Gasteiger charge is 2.27. The number of hydrogen-bond donors (Lipinski definition) is 1. The molecule has 0 unspecified atom stereocenters. The van der Waals surface area contributed by atoms with Crippen LogP contribution in [0.3, 0.4) is 0 Å². The second-order valence-electron chi connectivity index (χ2n) is 7.69. The Morgan fingerprint density at radius 1 is 1.20 bits per heavy atom. The van der Waals surface area contributed by atoms with Crippen LogP contribution < -0.4 is 10.1 Å². The first kappa shape index (κ1) is 22.8. The molecule has 2 aromatic carbocycles. The molecule has 0 radical (unpaired) electrons. The summed E-state index contributed by atoms with van der Waals surface area (Å²) in [4.78, 5) is 12.4. The van der Waals surface area contributed by atoms with Gasteiger partial charge in [0.05, 0.1) is 10.9 Å². The number of carbonyl (C=O) groups is 1. The fourth-order valence-electron chi connectivity index (χ4n) is 3.37.